The Morgan fingerprint density at radius 2 is 1.42 bits per heavy atom. The molecule has 0 amide bonds. The quantitative estimate of drug-likeness (QED) is 0.604. The molecule has 2 unspecified atom stereocenters. The lowest BCUT2D eigenvalue weighted by Gasteiger charge is -2.09. The average Bonchev–Trinajstić information content (AvgIpc) is 2.59. The second-order valence-electron chi connectivity index (χ2n) is 5.12. The molecule has 0 heterocycles. The molecule has 0 saturated carbocycles. The Hall–Kier alpha value is -1.98. The average molecular weight is 359 g/mol. The molecule has 0 aliphatic rings. The highest BCUT2D eigenvalue weighted by molar-refractivity contribution is 6.30. The Kier molecular flexibility index (Phi) is 6.70. The summed E-state index contributed by atoms with van der Waals surface area (Å²) >= 11 is 11.7. The number of hydrogen-bond acceptors (Lipinski definition) is 2. The van der Waals surface area contributed by atoms with E-state index in [-0.39, 0.29) is 6.42 Å². The van der Waals surface area contributed by atoms with Crippen molar-refractivity contribution < 1.29 is 10.2 Å². The summed E-state index contributed by atoms with van der Waals surface area (Å²) in [5, 5.41) is 21.6. The number of benzene rings is 2. The molecule has 122 valence electrons. The van der Waals surface area contributed by atoms with Gasteiger partial charge in [0, 0.05) is 16.5 Å². The summed E-state index contributed by atoms with van der Waals surface area (Å²) < 4.78 is 0. The van der Waals surface area contributed by atoms with E-state index >= 15 is 0 Å². The Bertz CT molecular complexity index is 792. The van der Waals surface area contributed by atoms with E-state index in [1.807, 2.05) is 0 Å². The van der Waals surface area contributed by atoms with Crippen molar-refractivity contribution in [1.82, 2.24) is 0 Å². The fraction of sp³-hybridized carbons (Fsp3) is 0.150. The Labute approximate surface area is 151 Å². The third-order valence-electron chi connectivity index (χ3n) is 3.42. The smallest absolute Gasteiger partial charge is 0.119 e. The molecular weight excluding hydrogens is 343 g/mol. The van der Waals surface area contributed by atoms with Gasteiger partial charge in [-0.05, 0) is 35.4 Å². The van der Waals surface area contributed by atoms with Crippen LogP contribution in [0.15, 0.2) is 66.4 Å². The van der Waals surface area contributed by atoms with Crippen LogP contribution in [0.5, 0.6) is 0 Å². The molecule has 2 aromatic rings. The van der Waals surface area contributed by atoms with Gasteiger partial charge in [0.15, 0.2) is 0 Å². The summed E-state index contributed by atoms with van der Waals surface area (Å²) in [6.45, 7) is 3.56. The first-order valence-electron chi connectivity index (χ1n) is 7.27. The predicted molar refractivity (Wildman–Crippen MR) is 97.9 cm³/mol. The number of aliphatic hydroxyl groups is 2. The molecule has 0 radical (unpaired) electrons. The van der Waals surface area contributed by atoms with Gasteiger partial charge in [-0.1, -0.05) is 65.9 Å². The Balaban J connectivity index is 2.05. The third kappa shape index (κ3) is 5.01. The number of rotatable bonds is 4. The first-order valence-corrected chi connectivity index (χ1v) is 8.02. The molecule has 0 fully saturated rings. The van der Waals surface area contributed by atoms with E-state index in [9.17, 15) is 10.2 Å². The van der Waals surface area contributed by atoms with Gasteiger partial charge in [-0.25, -0.2) is 0 Å². The topological polar surface area (TPSA) is 40.5 Å². The molecular formula is C20H16Cl2O2. The van der Waals surface area contributed by atoms with Crippen molar-refractivity contribution >= 4 is 23.2 Å². The first kappa shape index (κ1) is 18.4. The SMILES string of the molecule is C=C=C(C#CCC(O)c1ccc(Cl)cc1)C(O)c1ccc(Cl)cc1. The van der Waals surface area contributed by atoms with E-state index in [1.54, 1.807) is 48.5 Å². The van der Waals surface area contributed by atoms with Crippen LogP contribution in [0.3, 0.4) is 0 Å². The molecule has 0 spiro atoms. The fourth-order valence-electron chi connectivity index (χ4n) is 2.07. The number of hydrogen-bond donors (Lipinski definition) is 2. The van der Waals surface area contributed by atoms with E-state index in [0.29, 0.717) is 21.2 Å². The van der Waals surface area contributed by atoms with E-state index in [0.717, 1.165) is 5.56 Å². The lowest BCUT2D eigenvalue weighted by molar-refractivity contribution is 0.184. The minimum absolute atomic E-state index is 0.222. The van der Waals surface area contributed by atoms with Gasteiger partial charge in [0.2, 0.25) is 0 Å². The van der Waals surface area contributed by atoms with Gasteiger partial charge in [-0.15, -0.1) is 5.73 Å². The fourth-order valence-corrected chi connectivity index (χ4v) is 2.32. The van der Waals surface area contributed by atoms with Gasteiger partial charge >= 0.3 is 0 Å². The van der Waals surface area contributed by atoms with Crippen molar-refractivity contribution in [1.29, 1.82) is 0 Å². The van der Waals surface area contributed by atoms with Gasteiger partial charge in [0.05, 0.1) is 11.7 Å². The van der Waals surface area contributed by atoms with Crippen LogP contribution in [0.2, 0.25) is 10.0 Å². The maximum absolute atomic E-state index is 10.3. The largest absolute Gasteiger partial charge is 0.387 e. The molecule has 0 saturated heterocycles. The van der Waals surface area contributed by atoms with Gasteiger partial charge in [-0.3, -0.25) is 0 Å². The zero-order valence-electron chi connectivity index (χ0n) is 12.8. The Morgan fingerprint density at radius 3 is 1.92 bits per heavy atom. The van der Waals surface area contributed by atoms with Crippen molar-refractivity contribution in [2.24, 2.45) is 0 Å². The third-order valence-corrected chi connectivity index (χ3v) is 3.93. The lowest BCUT2D eigenvalue weighted by atomic mass is 10.0. The highest BCUT2D eigenvalue weighted by atomic mass is 35.5. The zero-order chi connectivity index (χ0) is 17.5. The summed E-state index contributed by atoms with van der Waals surface area (Å²) in [6, 6.07) is 13.8. The van der Waals surface area contributed by atoms with Crippen LogP contribution in [0.1, 0.15) is 29.8 Å². The standard InChI is InChI=1S/C20H16Cl2O2/c1-2-14(20(24)16-8-12-18(22)13-9-16)4-3-5-19(23)15-6-10-17(21)11-7-15/h6-13,19-20,23-24H,1,5H2. The number of halogens is 2. The van der Waals surface area contributed by atoms with Gasteiger partial charge in [0.25, 0.3) is 0 Å². The number of aliphatic hydroxyl groups excluding tert-OH is 2. The minimum atomic E-state index is -0.931. The molecule has 2 nitrogen and oxygen atoms in total. The summed E-state index contributed by atoms with van der Waals surface area (Å²) in [7, 11) is 0. The molecule has 0 aliphatic carbocycles. The highest BCUT2D eigenvalue weighted by Crippen LogP contribution is 2.23. The molecule has 0 bridgehead atoms. The van der Waals surface area contributed by atoms with Crippen molar-refractivity contribution in [3.63, 3.8) is 0 Å². The van der Waals surface area contributed by atoms with Crippen LogP contribution in [0, 0.1) is 11.8 Å². The van der Waals surface area contributed by atoms with E-state index in [4.69, 9.17) is 23.2 Å². The van der Waals surface area contributed by atoms with Crippen LogP contribution in [0.25, 0.3) is 0 Å². The monoisotopic (exact) mass is 358 g/mol. The van der Waals surface area contributed by atoms with Crippen molar-refractivity contribution in [3.05, 3.63) is 87.6 Å². The molecule has 2 N–H and O–H groups in total. The maximum Gasteiger partial charge on any atom is 0.119 e. The molecule has 2 atom stereocenters. The maximum atomic E-state index is 10.3. The van der Waals surface area contributed by atoms with Crippen LogP contribution in [0.4, 0.5) is 0 Å². The molecule has 2 rings (SSSR count). The van der Waals surface area contributed by atoms with E-state index < -0.39 is 12.2 Å². The first-order chi connectivity index (χ1) is 11.5. The summed E-state index contributed by atoms with van der Waals surface area (Å²) in [4.78, 5) is 0. The Morgan fingerprint density at radius 1 is 0.917 bits per heavy atom. The predicted octanol–water partition coefficient (Wildman–Crippen LogP) is 4.87. The van der Waals surface area contributed by atoms with Crippen molar-refractivity contribution in [3.8, 4) is 11.8 Å². The van der Waals surface area contributed by atoms with Crippen LogP contribution in [-0.2, 0) is 0 Å². The summed E-state index contributed by atoms with van der Waals surface area (Å²) in [6.07, 6.45) is -1.44. The van der Waals surface area contributed by atoms with E-state index in [2.05, 4.69) is 24.2 Å². The van der Waals surface area contributed by atoms with Crippen LogP contribution >= 0.6 is 23.2 Å². The van der Waals surface area contributed by atoms with E-state index in [1.165, 1.54) is 0 Å². The zero-order valence-corrected chi connectivity index (χ0v) is 14.3. The van der Waals surface area contributed by atoms with Crippen LogP contribution in [-0.4, -0.2) is 10.2 Å². The second kappa shape index (κ2) is 8.76. The summed E-state index contributed by atoms with van der Waals surface area (Å²) in [5.74, 6) is 5.67. The van der Waals surface area contributed by atoms with Crippen molar-refractivity contribution in [2.45, 2.75) is 18.6 Å². The normalized spacial score (nSPS) is 12.5. The second-order valence-corrected chi connectivity index (χ2v) is 5.99. The van der Waals surface area contributed by atoms with Crippen LogP contribution < -0.4 is 0 Å². The summed E-state index contributed by atoms with van der Waals surface area (Å²) in [5.41, 5.74) is 4.38. The minimum Gasteiger partial charge on any atom is -0.387 e. The molecule has 24 heavy (non-hydrogen) atoms. The molecule has 2 aromatic carbocycles. The molecule has 0 aromatic heterocycles. The van der Waals surface area contributed by atoms with Gasteiger partial charge in [0.1, 0.15) is 6.10 Å². The molecule has 0 aliphatic heterocycles. The molecule has 4 heteroatoms. The van der Waals surface area contributed by atoms with Gasteiger partial charge in [-0.2, -0.15) is 0 Å². The lowest BCUT2D eigenvalue weighted by Crippen LogP contribution is -2.00. The van der Waals surface area contributed by atoms with Gasteiger partial charge < -0.3 is 10.2 Å². The van der Waals surface area contributed by atoms with Crippen molar-refractivity contribution in [2.75, 3.05) is 0 Å². The highest BCUT2D eigenvalue weighted by Gasteiger charge is 2.11.